The van der Waals surface area contributed by atoms with Crippen molar-refractivity contribution in [3.05, 3.63) is 89.4 Å². The molecule has 1 fully saturated rings. The van der Waals surface area contributed by atoms with Gasteiger partial charge in [-0.05, 0) is 53.4 Å². The van der Waals surface area contributed by atoms with Crippen LogP contribution in [0.2, 0.25) is 0 Å². The van der Waals surface area contributed by atoms with Crippen LogP contribution in [0.1, 0.15) is 35.6 Å². The highest BCUT2D eigenvalue weighted by molar-refractivity contribution is 5.95. The van der Waals surface area contributed by atoms with Crippen molar-refractivity contribution < 1.29 is 14.0 Å². The molecule has 37 heavy (non-hydrogen) atoms. The Morgan fingerprint density at radius 1 is 1.14 bits per heavy atom. The molecular weight excluding hydrogens is 471 g/mol. The van der Waals surface area contributed by atoms with Crippen molar-refractivity contribution in [3.8, 4) is 6.07 Å². The summed E-state index contributed by atoms with van der Waals surface area (Å²) in [7, 11) is 1.78. The minimum atomic E-state index is -0.812. The van der Waals surface area contributed by atoms with E-state index in [1.54, 1.807) is 48.5 Å². The van der Waals surface area contributed by atoms with Gasteiger partial charge in [-0.15, -0.1) is 0 Å². The molecule has 190 valence electrons. The third kappa shape index (κ3) is 6.48. The number of pyridine rings is 1. The molecule has 0 saturated carbocycles. The van der Waals surface area contributed by atoms with Crippen molar-refractivity contribution in [2.24, 2.45) is 0 Å². The maximum atomic E-state index is 14.0. The number of rotatable bonds is 8. The standard InChI is InChI=1S/C28H29FN6O2/c1-19(21-8-6-20(15-30)7-9-21)16-32-27(22-4-3-5-23(29)14-22)28(37)33-25-11-10-24(17-31-25)35-13-12-34(2)26(36)18-35/h3-11,14,17,19,27,32H,12-13,16,18H2,1-2H3,(H,31,33,37)/t19-,27+/m0/s1. The topological polar surface area (TPSA) is 101 Å². The Labute approximate surface area is 215 Å². The fourth-order valence-corrected chi connectivity index (χ4v) is 4.17. The van der Waals surface area contributed by atoms with Crippen LogP contribution in [0.5, 0.6) is 0 Å². The second-order valence-corrected chi connectivity index (χ2v) is 9.16. The van der Waals surface area contributed by atoms with Gasteiger partial charge in [0.1, 0.15) is 17.7 Å². The van der Waals surface area contributed by atoms with Crippen LogP contribution in [-0.4, -0.2) is 54.9 Å². The van der Waals surface area contributed by atoms with E-state index in [0.29, 0.717) is 36.6 Å². The number of anilines is 2. The first-order valence-corrected chi connectivity index (χ1v) is 12.1. The molecule has 1 aromatic heterocycles. The van der Waals surface area contributed by atoms with Crippen LogP contribution in [0.3, 0.4) is 0 Å². The van der Waals surface area contributed by atoms with Gasteiger partial charge in [0.2, 0.25) is 11.8 Å². The first kappa shape index (κ1) is 25.8. The number of nitriles is 1. The Balaban J connectivity index is 1.45. The quantitative estimate of drug-likeness (QED) is 0.491. The van der Waals surface area contributed by atoms with Gasteiger partial charge in [0.05, 0.1) is 30.1 Å². The molecule has 0 bridgehead atoms. The average Bonchev–Trinajstić information content (AvgIpc) is 2.91. The van der Waals surface area contributed by atoms with Gasteiger partial charge in [0.15, 0.2) is 0 Å². The number of nitrogens with one attached hydrogen (secondary N) is 2. The molecule has 2 amide bonds. The summed E-state index contributed by atoms with van der Waals surface area (Å²) in [5.74, 6) is -0.352. The van der Waals surface area contributed by atoms with Crippen molar-refractivity contribution in [1.82, 2.24) is 15.2 Å². The average molecular weight is 501 g/mol. The number of benzene rings is 2. The number of likely N-dealkylation sites (N-methyl/N-ethyl adjacent to an activating group) is 1. The zero-order valence-electron chi connectivity index (χ0n) is 20.8. The zero-order chi connectivity index (χ0) is 26.4. The van der Waals surface area contributed by atoms with Gasteiger partial charge in [-0.3, -0.25) is 9.59 Å². The summed E-state index contributed by atoms with van der Waals surface area (Å²) >= 11 is 0. The second-order valence-electron chi connectivity index (χ2n) is 9.16. The highest BCUT2D eigenvalue weighted by atomic mass is 19.1. The summed E-state index contributed by atoms with van der Waals surface area (Å²) in [6, 6.07) is 18.0. The maximum Gasteiger partial charge on any atom is 0.247 e. The Morgan fingerprint density at radius 3 is 2.57 bits per heavy atom. The summed E-state index contributed by atoms with van der Waals surface area (Å²) in [6.07, 6.45) is 1.63. The van der Waals surface area contributed by atoms with Gasteiger partial charge in [-0.25, -0.2) is 9.37 Å². The predicted molar refractivity (Wildman–Crippen MR) is 139 cm³/mol. The van der Waals surface area contributed by atoms with E-state index < -0.39 is 11.9 Å². The van der Waals surface area contributed by atoms with Crippen LogP contribution in [-0.2, 0) is 9.59 Å². The highest BCUT2D eigenvalue weighted by Crippen LogP contribution is 2.22. The number of aromatic nitrogens is 1. The van der Waals surface area contributed by atoms with E-state index in [1.807, 2.05) is 30.0 Å². The number of amides is 2. The fraction of sp³-hybridized carbons (Fsp3) is 0.286. The summed E-state index contributed by atoms with van der Waals surface area (Å²) in [5.41, 5.74) is 2.90. The minimum absolute atomic E-state index is 0.0420. The number of halogens is 1. The third-order valence-electron chi connectivity index (χ3n) is 6.50. The fourth-order valence-electron chi connectivity index (χ4n) is 4.17. The molecule has 1 saturated heterocycles. The number of piperazine rings is 1. The molecule has 3 aromatic rings. The first-order valence-electron chi connectivity index (χ1n) is 12.1. The number of nitrogens with zero attached hydrogens (tertiary/aromatic N) is 4. The maximum absolute atomic E-state index is 14.0. The second kappa shape index (κ2) is 11.6. The first-order chi connectivity index (χ1) is 17.8. The summed E-state index contributed by atoms with van der Waals surface area (Å²) in [6.45, 7) is 4.09. The smallest absolute Gasteiger partial charge is 0.247 e. The van der Waals surface area contributed by atoms with Gasteiger partial charge in [0.25, 0.3) is 0 Å². The summed E-state index contributed by atoms with van der Waals surface area (Å²) in [4.78, 5) is 33.3. The number of carbonyl (C=O) groups is 2. The lowest BCUT2D eigenvalue weighted by Gasteiger charge is -2.33. The minimum Gasteiger partial charge on any atom is -0.359 e. The third-order valence-corrected chi connectivity index (χ3v) is 6.50. The highest BCUT2D eigenvalue weighted by Gasteiger charge is 2.24. The van der Waals surface area contributed by atoms with Crippen molar-refractivity contribution in [3.63, 3.8) is 0 Å². The number of hydrogen-bond donors (Lipinski definition) is 2. The van der Waals surface area contributed by atoms with Gasteiger partial charge >= 0.3 is 0 Å². The van der Waals surface area contributed by atoms with E-state index in [-0.39, 0.29) is 24.3 Å². The van der Waals surface area contributed by atoms with E-state index in [0.717, 1.165) is 11.3 Å². The molecule has 0 unspecified atom stereocenters. The number of hydrogen-bond acceptors (Lipinski definition) is 6. The molecule has 2 aromatic carbocycles. The Kier molecular flexibility index (Phi) is 8.11. The molecule has 4 rings (SSSR count). The van der Waals surface area contributed by atoms with Crippen LogP contribution < -0.4 is 15.5 Å². The molecule has 9 heteroatoms. The summed E-state index contributed by atoms with van der Waals surface area (Å²) < 4.78 is 14.0. The molecule has 1 aliphatic rings. The molecule has 0 radical (unpaired) electrons. The van der Waals surface area contributed by atoms with E-state index in [9.17, 15) is 14.0 Å². The molecule has 1 aliphatic heterocycles. The van der Waals surface area contributed by atoms with E-state index in [2.05, 4.69) is 21.7 Å². The van der Waals surface area contributed by atoms with E-state index in [1.165, 1.54) is 12.1 Å². The summed E-state index contributed by atoms with van der Waals surface area (Å²) in [5, 5.41) is 15.1. The van der Waals surface area contributed by atoms with Crippen molar-refractivity contribution in [2.75, 3.05) is 43.4 Å². The normalized spacial score (nSPS) is 15.1. The largest absolute Gasteiger partial charge is 0.359 e. The van der Waals surface area contributed by atoms with Gasteiger partial charge in [0, 0.05) is 26.7 Å². The molecule has 0 spiro atoms. The van der Waals surface area contributed by atoms with Crippen LogP contribution in [0.15, 0.2) is 66.9 Å². The lowest BCUT2D eigenvalue weighted by atomic mass is 9.98. The van der Waals surface area contributed by atoms with Crippen LogP contribution >= 0.6 is 0 Å². The Bertz CT molecular complexity index is 1290. The van der Waals surface area contributed by atoms with Gasteiger partial charge < -0.3 is 20.4 Å². The molecule has 2 heterocycles. The lowest BCUT2D eigenvalue weighted by molar-refractivity contribution is -0.129. The predicted octanol–water partition coefficient (Wildman–Crippen LogP) is 3.44. The Hall–Kier alpha value is -4.29. The van der Waals surface area contributed by atoms with Crippen LogP contribution in [0.4, 0.5) is 15.9 Å². The van der Waals surface area contributed by atoms with Gasteiger partial charge in [-0.1, -0.05) is 31.2 Å². The van der Waals surface area contributed by atoms with Crippen molar-refractivity contribution >= 4 is 23.3 Å². The lowest BCUT2D eigenvalue weighted by Crippen LogP contribution is -2.48. The van der Waals surface area contributed by atoms with Crippen molar-refractivity contribution in [1.29, 1.82) is 5.26 Å². The van der Waals surface area contributed by atoms with Crippen molar-refractivity contribution in [2.45, 2.75) is 18.9 Å². The molecule has 8 nitrogen and oxygen atoms in total. The number of carbonyl (C=O) groups excluding carboxylic acids is 2. The molecule has 2 atom stereocenters. The van der Waals surface area contributed by atoms with E-state index in [4.69, 9.17) is 5.26 Å². The molecular formula is C28H29FN6O2. The monoisotopic (exact) mass is 500 g/mol. The van der Waals surface area contributed by atoms with Crippen LogP contribution in [0, 0.1) is 17.1 Å². The molecule has 2 N–H and O–H groups in total. The van der Waals surface area contributed by atoms with Crippen LogP contribution in [0.25, 0.3) is 0 Å². The Morgan fingerprint density at radius 2 is 1.92 bits per heavy atom. The molecule has 0 aliphatic carbocycles. The SMILES string of the molecule is C[C@@H](CN[C@@H](C(=O)Nc1ccc(N2CCN(C)C(=O)C2)cn1)c1cccc(F)c1)c1ccc(C#N)cc1. The van der Waals surface area contributed by atoms with E-state index >= 15 is 0 Å². The van der Waals surface area contributed by atoms with Gasteiger partial charge in [-0.2, -0.15) is 5.26 Å². The zero-order valence-corrected chi connectivity index (χ0v) is 20.8.